The molecule has 5 heteroatoms. The van der Waals surface area contributed by atoms with E-state index in [4.69, 9.17) is 9.52 Å². The minimum absolute atomic E-state index is 0.170. The molecule has 0 aliphatic carbocycles. The van der Waals surface area contributed by atoms with Crippen LogP contribution in [0.2, 0.25) is 0 Å². The quantitative estimate of drug-likeness (QED) is 0.927. The molecule has 0 spiro atoms. The maximum Gasteiger partial charge on any atom is 0.306 e. The van der Waals surface area contributed by atoms with E-state index in [0.717, 1.165) is 42.7 Å². The van der Waals surface area contributed by atoms with Gasteiger partial charge in [-0.05, 0) is 47.9 Å². The first-order chi connectivity index (χ1) is 7.66. The fourth-order valence-corrected chi connectivity index (χ4v) is 2.31. The van der Waals surface area contributed by atoms with Gasteiger partial charge in [0.15, 0.2) is 0 Å². The van der Waals surface area contributed by atoms with Gasteiger partial charge in [0, 0.05) is 0 Å². The Morgan fingerprint density at radius 1 is 1.56 bits per heavy atom. The van der Waals surface area contributed by atoms with Gasteiger partial charge < -0.3 is 9.52 Å². The summed E-state index contributed by atoms with van der Waals surface area (Å²) in [5.41, 5.74) is 0. The summed E-state index contributed by atoms with van der Waals surface area (Å²) in [5.74, 6) is 0.0731. The number of likely N-dealkylation sites (tertiary alicyclic amines) is 1. The van der Waals surface area contributed by atoms with Crippen LogP contribution in [0.1, 0.15) is 18.6 Å². The van der Waals surface area contributed by atoms with Crippen molar-refractivity contribution < 1.29 is 14.3 Å². The Kier molecular flexibility index (Phi) is 3.66. The summed E-state index contributed by atoms with van der Waals surface area (Å²) in [5, 5.41) is 8.88. The summed E-state index contributed by atoms with van der Waals surface area (Å²) in [4.78, 5) is 13.0. The minimum atomic E-state index is -0.668. The molecule has 4 nitrogen and oxygen atoms in total. The molecule has 1 saturated heterocycles. The molecule has 0 aromatic carbocycles. The number of piperidine rings is 1. The van der Waals surface area contributed by atoms with Crippen LogP contribution in [-0.4, -0.2) is 29.1 Å². The molecule has 1 aliphatic rings. The van der Waals surface area contributed by atoms with Crippen molar-refractivity contribution in [2.75, 3.05) is 13.1 Å². The molecule has 16 heavy (non-hydrogen) atoms. The monoisotopic (exact) mass is 287 g/mol. The van der Waals surface area contributed by atoms with E-state index >= 15 is 0 Å². The van der Waals surface area contributed by atoms with Crippen LogP contribution in [-0.2, 0) is 11.3 Å². The van der Waals surface area contributed by atoms with Gasteiger partial charge in [-0.15, -0.1) is 0 Å². The van der Waals surface area contributed by atoms with E-state index in [9.17, 15) is 4.79 Å². The molecule has 0 amide bonds. The lowest BCUT2D eigenvalue weighted by atomic mass is 9.97. The van der Waals surface area contributed by atoms with E-state index in [1.54, 1.807) is 6.26 Å². The highest BCUT2D eigenvalue weighted by Crippen LogP contribution is 2.23. The Morgan fingerprint density at radius 3 is 2.75 bits per heavy atom. The van der Waals surface area contributed by atoms with Crippen molar-refractivity contribution >= 4 is 21.9 Å². The van der Waals surface area contributed by atoms with Crippen molar-refractivity contribution in [3.63, 3.8) is 0 Å². The van der Waals surface area contributed by atoms with Crippen LogP contribution >= 0.6 is 15.9 Å². The summed E-state index contributed by atoms with van der Waals surface area (Å²) in [6, 6.07) is 1.87. The molecule has 1 aliphatic heterocycles. The van der Waals surface area contributed by atoms with Gasteiger partial charge in [0.25, 0.3) is 0 Å². The third-order valence-corrected chi connectivity index (χ3v) is 3.70. The summed E-state index contributed by atoms with van der Waals surface area (Å²) >= 11 is 3.41. The van der Waals surface area contributed by atoms with E-state index in [-0.39, 0.29) is 5.92 Å². The number of hydrogen-bond acceptors (Lipinski definition) is 3. The Hall–Kier alpha value is -0.810. The summed E-state index contributed by atoms with van der Waals surface area (Å²) in [6.07, 6.45) is 3.12. The lowest BCUT2D eigenvalue weighted by Gasteiger charge is -2.29. The van der Waals surface area contributed by atoms with Crippen molar-refractivity contribution in [3.05, 3.63) is 22.6 Å². The van der Waals surface area contributed by atoms with Crippen LogP contribution in [0, 0.1) is 5.92 Å². The SMILES string of the molecule is O=C(O)C1CCN(Cc2occc2Br)CC1. The van der Waals surface area contributed by atoms with E-state index < -0.39 is 5.97 Å². The maximum absolute atomic E-state index is 10.8. The van der Waals surface area contributed by atoms with Gasteiger partial charge in [-0.2, -0.15) is 0 Å². The number of hydrogen-bond donors (Lipinski definition) is 1. The van der Waals surface area contributed by atoms with Gasteiger partial charge in [-0.1, -0.05) is 0 Å². The molecule has 1 fully saturated rings. The summed E-state index contributed by atoms with van der Waals surface area (Å²) in [6.45, 7) is 2.40. The highest BCUT2D eigenvalue weighted by atomic mass is 79.9. The second-order valence-electron chi connectivity index (χ2n) is 4.08. The van der Waals surface area contributed by atoms with Gasteiger partial charge >= 0.3 is 5.97 Å². The average Bonchev–Trinajstić information content (AvgIpc) is 2.65. The molecule has 88 valence electrons. The molecule has 0 unspecified atom stereocenters. The average molecular weight is 288 g/mol. The van der Waals surface area contributed by atoms with Crippen LogP contribution in [0.5, 0.6) is 0 Å². The number of furan rings is 1. The number of carboxylic acid groups (broad SMARTS) is 1. The van der Waals surface area contributed by atoms with E-state index in [1.165, 1.54) is 0 Å². The first-order valence-electron chi connectivity index (χ1n) is 5.34. The first kappa shape index (κ1) is 11.7. The zero-order valence-corrected chi connectivity index (χ0v) is 10.4. The van der Waals surface area contributed by atoms with E-state index in [2.05, 4.69) is 20.8 Å². The fraction of sp³-hybridized carbons (Fsp3) is 0.545. The van der Waals surface area contributed by atoms with Crippen molar-refractivity contribution in [2.24, 2.45) is 5.92 Å². The Morgan fingerprint density at radius 2 is 2.25 bits per heavy atom. The van der Waals surface area contributed by atoms with Gasteiger partial charge in [0.05, 0.1) is 23.2 Å². The zero-order chi connectivity index (χ0) is 11.5. The zero-order valence-electron chi connectivity index (χ0n) is 8.86. The second-order valence-corrected chi connectivity index (χ2v) is 4.93. The molecule has 0 radical (unpaired) electrons. The number of aliphatic carboxylic acids is 1. The maximum atomic E-state index is 10.8. The van der Waals surface area contributed by atoms with Crippen molar-refractivity contribution in [2.45, 2.75) is 19.4 Å². The van der Waals surface area contributed by atoms with Crippen LogP contribution in [0.25, 0.3) is 0 Å². The van der Waals surface area contributed by atoms with Crippen LogP contribution in [0.3, 0.4) is 0 Å². The molecule has 1 aromatic rings. The number of rotatable bonds is 3. The third kappa shape index (κ3) is 2.65. The number of carboxylic acids is 1. The Labute approximate surface area is 102 Å². The van der Waals surface area contributed by atoms with Crippen molar-refractivity contribution in [1.29, 1.82) is 0 Å². The predicted octanol–water partition coefficient (Wildman–Crippen LogP) is 2.34. The van der Waals surface area contributed by atoms with Crippen molar-refractivity contribution in [3.8, 4) is 0 Å². The number of halogens is 1. The topological polar surface area (TPSA) is 53.7 Å². The molecule has 0 bridgehead atoms. The smallest absolute Gasteiger partial charge is 0.306 e. The fourth-order valence-electron chi connectivity index (χ4n) is 1.98. The van der Waals surface area contributed by atoms with E-state index in [0.29, 0.717) is 0 Å². The van der Waals surface area contributed by atoms with Crippen LogP contribution < -0.4 is 0 Å². The van der Waals surface area contributed by atoms with Crippen molar-refractivity contribution in [1.82, 2.24) is 4.90 Å². The highest BCUT2D eigenvalue weighted by Gasteiger charge is 2.25. The van der Waals surface area contributed by atoms with Gasteiger partial charge in [-0.3, -0.25) is 9.69 Å². The van der Waals surface area contributed by atoms with Gasteiger partial charge in [0.2, 0.25) is 0 Å². The molecule has 2 heterocycles. The summed E-state index contributed by atoms with van der Waals surface area (Å²) < 4.78 is 6.32. The Bertz CT molecular complexity index is 369. The molecule has 1 N–H and O–H groups in total. The second kappa shape index (κ2) is 5.01. The normalized spacial score (nSPS) is 18.8. The van der Waals surface area contributed by atoms with E-state index in [1.807, 2.05) is 6.07 Å². The molecule has 0 saturated carbocycles. The number of nitrogens with zero attached hydrogens (tertiary/aromatic N) is 1. The Balaban J connectivity index is 1.86. The molecule has 2 rings (SSSR count). The first-order valence-corrected chi connectivity index (χ1v) is 6.13. The highest BCUT2D eigenvalue weighted by molar-refractivity contribution is 9.10. The largest absolute Gasteiger partial charge is 0.481 e. The minimum Gasteiger partial charge on any atom is -0.481 e. The number of carbonyl (C=O) groups is 1. The lowest BCUT2D eigenvalue weighted by molar-refractivity contribution is -0.143. The third-order valence-electron chi connectivity index (χ3n) is 3.00. The standard InChI is InChI=1S/C11H14BrNO3/c12-9-3-6-16-10(9)7-13-4-1-8(2-5-13)11(14)15/h3,6,8H,1-2,4-5,7H2,(H,14,15). The van der Waals surface area contributed by atoms with Crippen LogP contribution in [0.4, 0.5) is 0 Å². The molecular weight excluding hydrogens is 274 g/mol. The van der Waals surface area contributed by atoms with Gasteiger partial charge in [0.1, 0.15) is 5.76 Å². The lowest BCUT2D eigenvalue weighted by Crippen LogP contribution is -2.35. The predicted molar refractivity (Wildman–Crippen MR) is 62.0 cm³/mol. The summed E-state index contributed by atoms with van der Waals surface area (Å²) in [7, 11) is 0. The molecular formula is C11H14BrNO3. The van der Waals surface area contributed by atoms with Crippen LogP contribution in [0.15, 0.2) is 21.2 Å². The molecule has 0 atom stereocenters. The molecule has 1 aromatic heterocycles. The van der Waals surface area contributed by atoms with Gasteiger partial charge in [-0.25, -0.2) is 0 Å².